The minimum Gasteiger partial charge on any atom is -0.449 e. The van der Waals surface area contributed by atoms with Crippen molar-refractivity contribution in [3.8, 4) is 6.07 Å². The van der Waals surface area contributed by atoms with Gasteiger partial charge in [-0.3, -0.25) is 0 Å². The van der Waals surface area contributed by atoms with Gasteiger partial charge in [0.2, 0.25) is 0 Å². The third kappa shape index (κ3) is 5.01. The molecule has 2 atom stereocenters. The summed E-state index contributed by atoms with van der Waals surface area (Å²) in [5.41, 5.74) is 5.41. The first kappa shape index (κ1) is 16.8. The summed E-state index contributed by atoms with van der Waals surface area (Å²) in [6, 6.07) is 2.34. The van der Waals surface area contributed by atoms with Gasteiger partial charge in [0.05, 0.1) is 18.6 Å². The van der Waals surface area contributed by atoms with Crippen LogP contribution in [-0.2, 0) is 4.74 Å². The Morgan fingerprint density at radius 1 is 1.45 bits per heavy atom. The van der Waals surface area contributed by atoms with E-state index in [4.69, 9.17) is 10.5 Å². The van der Waals surface area contributed by atoms with Crippen molar-refractivity contribution in [2.24, 2.45) is 23.5 Å². The number of likely N-dealkylation sites (tertiary alicyclic amines) is 1. The van der Waals surface area contributed by atoms with Crippen LogP contribution in [0.4, 0.5) is 4.79 Å². The van der Waals surface area contributed by atoms with Crippen molar-refractivity contribution in [3.63, 3.8) is 0 Å². The van der Waals surface area contributed by atoms with E-state index in [1.54, 1.807) is 4.90 Å². The zero-order chi connectivity index (χ0) is 15.0. The second-order valence-corrected chi connectivity index (χ2v) is 5.84. The van der Waals surface area contributed by atoms with E-state index in [0.29, 0.717) is 38.1 Å². The molecule has 0 bridgehead atoms. The van der Waals surface area contributed by atoms with Crippen LogP contribution in [0.2, 0.25) is 0 Å². The molecule has 1 fully saturated rings. The predicted octanol–water partition coefficient (Wildman–Crippen LogP) is 2.37. The van der Waals surface area contributed by atoms with E-state index in [9.17, 15) is 10.1 Å². The van der Waals surface area contributed by atoms with E-state index in [0.717, 1.165) is 25.7 Å². The van der Waals surface area contributed by atoms with E-state index < -0.39 is 0 Å². The number of hydrogen-bond acceptors (Lipinski definition) is 4. The summed E-state index contributed by atoms with van der Waals surface area (Å²) in [5, 5.41) is 9.24. The number of nitriles is 1. The molecule has 1 heterocycles. The van der Waals surface area contributed by atoms with Crippen molar-refractivity contribution in [2.45, 2.75) is 39.5 Å². The predicted molar refractivity (Wildman–Crippen MR) is 77.9 cm³/mol. The molecule has 1 aliphatic rings. The van der Waals surface area contributed by atoms with Crippen molar-refractivity contribution >= 4 is 6.09 Å². The summed E-state index contributed by atoms with van der Waals surface area (Å²) in [6.07, 6.45) is 3.42. The Bertz CT molecular complexity index is 339. The quantitative estimate of drug-likeness (QED) is 0.758. The van der Waals surface area contributed by atoms with Crippen molar-refractivity contribution in [2.75, 3.05) is 26.2 Å². The molecule has 1 amide bonds. The Morgan fingerprint density at radius 3 is 2.80 bits per heavy atom. The highest BCUT2D eigenvalue weighted by Crippen LogP contribution is 2.29. The summed E-state index contributed by atoms with van der Waals surface area (Å²) in [5.74, 6) is 0.788. The Morgan fingerprint density at radius 2 is 2.20 bits per heavy atom. The number of ether oxygens (including phenoxy) is 1. The van der Waals surface area contributed by atoms with Gasteiger partial charge in [-0.2, -0.15) is 5.26 Å². The molecule has 0 aliphatic carbocycles. The van der Waals surface area contributed by atoms with Crippen LogP contribution in [0.1, 0.15) is 39.5 Å². The molecule has 5 nitrogen and oxygen atoms in total. The highest BCUT2D eigenvalue weighted by Gasteiger charge is 2.33. The fourth-order valence-corrected chi connectivity index (χ4v) is 2.74. The van der Waals surface area contributed by atoms with Crippen LogP contribution in [0.5, 0.6) is 0 Å². The van der Waals surface area contributed by atoms with Crippen LogP contribution >= 0.6 is 0 Å². The average molecular weight is 281 g/mol. The molecular weight excluding hydrogens is 254 g/mol. The van der Waals surface area contributed by atoms with E-state index in [1.807, 2.05) is 0 Å². The van der Waals surface area contributed by atoms with Gasteiger partial charge in [0.25, 0.3) is 0 Å². The van der Waals surface area contributed by atoms with Gasteiger partial charge in [0.15, 0.2) is 0 Å². The van der Waals surface area contributed by atoms with Gasteiger partial charge >= 0.3 is 6.09 Å². The zero-order valence-electron chi connectivity index (χ0n) is 12.7. The molecule has 0 radical (unpaired) electrons. The highest BCUT2D eigenvalue weighted by molar-refractivity contribution is 5.67. The standard InChI is InChI=1S/C15H27N3O2/c1-12(2)14-6-8-18(11-13(14)10-17)15(19)20-9-5-3-4-7-16/h12-14H,3-9,11,16H2,1-2H3. The summed E-state index contributed by atoms with van der Waals surface area (Å²) >= 11 is 0. The minimum absolute atomic E-state index is 0.0754. The Balaban J connectivity index is 2.34. The number of carbonyl (C=O) groups is 1. The molecule has 0 aromatic carbocycles. The molecule has 1 rings (SSSR count). The molecule has 1 saturated heterocycles. The van der Waals surface area contributed by atoms with Gasteiger partial charge in [-0.1, -0.05) is 13.8 Å². The van der Waals surface area contributed by atoms with Crippen LogP contribution < -0.4 is 5.73 Å². The maximum atomic E-state index is 11.9. The van der Waals surface area contributed by atoms with Crippen LogP contribution in [-0.4, -0.2) is 37.2 Å². The first-order chi connectivity index (χ1) is 9.60. The van der Waals surface area contributed by atoms with Gasteiger partial charge in [0.1, 0.15) is 0 Å². The van der Waals surface area contributed by atoms with Crippen LogP contribution in [0.15, 0.2) is 0 Å². The number of amides is 1. The molecule has 5 heteroatoms. The zero-order valence-corrected chi connectivity index (χ0v) is 12.7. The lowest BCUT2D eigenvalue weighted by atomic mass is 9.79. The van der Waals surface area contributed by atoms with Gasteiger partial charge in [0, 0.05) is 13.1 Å². The molecular formula is C15H27N3O2. The topological polar surface area (TPSA) is 79.3 Å². The van der Waals surface area contributed by atoms with Crippen molar-refractivity contribution < 1.29 is 9.53 Å². The lowest BCUT2D eigenvalue weighted by molar-refractivity contribution is 0.0694. The number of rotatable bonds is 6. The fraction of sp³-hybridized carbons (Fsp3) is 0.867. The SMILES string of the molecule is CC(C)C1CCN(C(=O)OCCCCCN)CC1C#N. The van der Waals surface area contributed by atoms with E-state index >= 15 is 0 Å². The second-order valence-electron chi connectivity index (χ2n) is 5.84. The number of nitrogens with zero attached hydrogens (tertiary/aromatic N) is 2. The maximum Gasteiger partial charge on any atom is 0.409 e. The Labute approximate surface area is 122 Å². The third-order valence-electron chi connectivity index (χ3n) is 4.02. The number of unbranched alkanes of at least 4 members (excludes halogenated alkanes) is 2. The molecule has 2 N–H and O–H groups in total. The van der Waals surface area contributed by atoms with Crippen molar-refractivity contribution in [1.29, 1.82) is 5.26 Å². The normalized spacial score (nSPS) is 22.6. The molecule has 2 unspecified atom stereocenters. The highest BCUT2D eigenvalue weighted by atomic mass is 16.6. The molecule has 20 heavy (non-hydrogen) atoms. The van der Waals surface area contributed by atoms with E-state index in [2.05, 4.69) is 19.9 Å². The van der Waals surface area contributed by atoms with Gasteiger partial charge in [-0.25, -0.2) is 4.79 Å². The summed E-state index contributed by atoms with van der Waals surface area (Å²) in [6.45, 7) is 6.60. The maximum absolute atomic E-state index is 11.9. The number of nitrogens with two attached hydrogens (primary N) is 1. The van der Waals surface area contributed by atoms with Gasteiger partial charge in [-0.05, 0) is 44.1 Å². The van der Waals surface area contributed by atoms with Gasteiger partial charge < -0.3 is 15.4 Å². The molecule has 0 saturated carbocycles. The monoisotopic (exact) mass is 281 g/mol. The third-order valence-corrected chi connectivity index (χ3v) is 4.02. The lowest BCUT2D eigenvalue weighted by Crippen LogP contribution is -2.45. The number of piperidine rings is 1. The Kier molecular flexibility index (Phi) is 7.38. The van der Waals surface area contributed by atoms with Crippen LogP contribution in [0, 0.1) is 29.1 Å². The molecule has 114 valence electrons. The second kappa shape index (κ2) is 8.80. The smallest absolute Gasteiger partial charge is 0.409 e. The number of hydrogen-bond donors (Lipinski definition) is 1. The first-order valence-corrected chi connectivity index (χ1v) is 7.61. The fourth-order valence-electron chi connectivity index (χ4n) is 2.74. The summed E-state index contributed by atoms with van der Waals surface area (Å²) in [4.78, 5) is 13.6. The van der Waals surface area contributed by atoms with E-state index in [1.165, 1.54) is 0 Å². The average Bonchev–Trinajstić information content (AvgIpc) is 2.45. The summed E-state index contributed by atoms with van der Waals surface area (Å²) in [7, 11) is 0. The summed E-state index contributed by atoms with van der Waals surface area (Å²) < 4.78 is 5.25. The van der Waals surface area contributed by atoms with Crippen LogP contribution in [0.3, 0.4) is 0 Å². The van der Waals surface area contributed by atoms with Gasteiger partial charge in [-0.15, -0.1) is 0 Å². The Hall–Kier alpha value is -1.28. The minimum atomic E-state index is -0.278. The molecule has 1 aliphatic heterocycles. The molecule has 0 aromatic rings. The van der Waals surface area contributed by atoms with Crippen molar-refractivity contribution in [1.82, 2.24) is 4.90 Å². The van der Waals surface area contributed by atoms with Crippen LogP contribution in [0.25, 0.3) is 0 Å². The lowest BCUT2D eigenvalue weighted by Gasteiger charge is -2.36. The number of carbonyl (C=O) groups excluding carboxylic acids is 1. The van der Waals surface area contributed by atoms with E-state index in [-0.39, 0.29) is 12.0 Å². The largest absolute Gasteiger partial charge is 0.449 e. The van der Waals surface area contributed by atoms with Crippen molar-refractivity contribution in [3.05, 3.63) is 0 Å². The first-order valence-electron chi connectivity index (χ1n) is 7.61. The molecule has 0 aromatic heterocycles. The molecule has 0 spiro atoms.